The van der Waals surface area contributed by atoms with Crippen molar-refractivity contribution in [2.24, 2.45) is 4.99 Å². The maximum absolute atomic E-state index is 11.8. The van der Waals surface area contributed by atoms with Gasteiger partial charge >= 0.3 is 6.09 Å². The number of amides is 2. The zero-order valence-electron chi connectivity index (χ0n) is 16.6. The molecule has 0 aromatic heterocycles. The number of aliphatic imine (C=N–C) groups is 1. The molecule has 0 aromatic rings. The van der Waals surface area contributed by atoms with Crippen LogP contribution in [0.4, 0.5) is 4.79 Å². The van der Waals surface area contributed by atoms with Crippen LogP contribution in [0.15, 0.2) is 4.99 Å². The van der Waals surface area contributed by atoms with Crippen LogP contribution >= 0.6 is 24.0 Å². The number of hydrogen-bond donors (Lipinski definition) is 3. The van der Waals surface area contributed by atoms with Crippen LogP contribution < -0.4 is 16.0 Å². The largest absolute Gasteiger partial charge is 0.444 e. The molecule has 25 heavy (non-hydrogen) atoms. The van der Waals surface area contributed by atoms with Crippen LogP contribution in [0.5, 0.6) is 0 Å². The normalized spacial score (nSPS) is 11.9. The first-order chi connectivity index (χ1) is 10.8. The molecule has 148 valence electrons. The highest BCUT2D eigenvalue weighted by molar-refractivity contribution is 14.0. The van der Waals surface area contributed by atoms with Gasteiger partial charge in [0, 0.05) is 32.7 Å². The first-order valence-corrected chi connectivity index (χ1v) is 8.04. The van der Waals surface area contributed by atoms with Gasteiger partial charge in [-0.25, -0.2) is 4.79 Å². The monoisotopic (exact) mass is 471 g/mol. The molecule has 0 unspecified atom stereocenters. The Labute approximate surface area is 168 Å². The Morgan fingerprint density at radius 1 is 1.08 bits per heavy atom. The number of rotatable bonds is 5. The molecule has 0 aliphatic heterocycles. The predicted molar refractivity (Wildman–Crippen MR) is 112 cm³/mol. The molecule has 0 atom stereocenters. The van der Waals surface area contributed by atoms with Gasteiger partial charge in [-0.1, -0.05) is 0 Å². The molecule has 0 rings (SSSR count). The Bertz CT molecular complexity index is 456. The molecule has 8 nitrogen and oxygen atoms in total. The molecule has 0 aliphatic rings. The number of nitrogens with one attached hydrogen (secondary N) is 3. The molecule has 0 bridgehead atoms. The van der Waals surface area contributed by atoms with Gasteiger partial charge in [0.25, 0.3) is 0 Å². The number of carbonyl (C=O) groups excluding carboxylic acids is 2. The number of nitrogens with zero attached hydrogens (tertiary/aromatic N) is 2. The third kappa shape index (κ3) is 14.8. The van der Waals surface area contributed by atoms with Gasteiger partial charge in [-0.05, 0) is 41.5 Å². The second-order valence-corrected chi connectivity index (χ2v) is 7.55. The molecule has 0 aliphatic carbocycles. The van der Waals surface area contributed by atoms with Gasteiger partial charge in [0.05, 0.1) is 6.54 Å². The third-order valence-corrected chi connectivity index (χ3v) is 2.60. The summed E-state index contributed by atoms with van der Waals surface area (Å²) in [5.41, 5.74) is -0.789. The Balaban J connectivity index is 0. The van der Waals surface area contributed by atoms with Gasteiger partial charge in [0.2, 0.25) is 5.91 Å². The number of likely N-dealkylation sites (N-methyl/N-ethyl adjacent to an activating group) is 1. The summed E-state index contributed by atoms with van der Waals surface area (Å²) < 4.78 is 5.27. The average Bonchev–Trinajstić information content (AvgIpc) is 2.38. The summed E-state index contributed by atoms with van der Waals surface area (Å²) in [6.07, 6.45) is -0.378. The van der Waals surface area contributed by atoms with E-state index < -0.39 is 5.60 Å². The lowest BCUT2D eigenvalue weighted by Crippen LogP contribution is -2.49. The minimum absolute atomic E-state index is 0. The molecule has 0 fully saturated rings. The van der Waals surface area contributed by atoms with Crippen molar-refractivity contribution >= 4 is 41.9 Å². The highest BCUT2D eigenvalue weighted by Crippen LogP contribution is 2.08. The van der Waals surface area contributed by atoms with Crippen LogP contribution in [0.25, 0.3) is 0 Å². The molecule has 3 N–H and O–H groups in total. The zero-order valence-corrected chi connectivity index (χ0v) is 19.0. The van der Waals surface area contributed by atoms with Gasteiger partial charge in [-0.2, -0.15) is 0 Å². The van der Waals surface area contributed by atoms with Gasteiger partial charge < -0.3 is 25.6 Å². The van der Waals surface area contributed by atoms with E-state index in [-0.39, 0.29) is 48.1 Å². The standard InChI is InChI=1S/C16H33N5O3.HI/c1-15(2,3)20-12(22)11-19-13(17-7)18-9-10-21(8)14(23)24-16(4,5)6;/h9-11H2,1-8H3,(H,20,22)(H2,17,18,19);1H. The SMILES string of the molecule is CN=C(NCCN(C)C(=O)OC(C)(C)C)NCC(=O)NC(C)(C)C.I. The van der Waals surface area contributed by atoms with Crippen molar-refractivity contribution < 1.29 is 14.3 Å². The summed E-state index contributed by atoms with van der Waals surface area (Å²) in [7, 11) is 3.29. The van der Waals surface area contributed by atoms with E-state index in [0.717, 1.165) is 0 Å². The highest BCUT2D eigenvalue weighted by Gasteiger charge is 2.19. The van der Waals surface area contributed by atoms with Crippen molar-refractivity contribution in [2.75, 3.05) is 33.7 Å². The number of halogens is 1. The lowest BCUT2D eigenvalue weighted by molar-refractivity contribution is -0.121. The fourth-order valence-electron chi connectivity index (χ4n) is 1.62. The van der Waals surface area contributed by atoms with Crippen LogP contribution in [0, 0.1) is 0 Å². The molecule has 9 heteroatoms. The van der Waals surface area contributed by atoms with E-state index in [1.165, 1.54) is 4.90 Å². The molecular formula is C16H34IN5O3. The van der Waals surface area contributed by atoms with Crippen LogP contribution in [-0.2, 0) is 9.53 Å². The molecule has 0 radical (unpaired) electrons. The molecule has 0 aromatic carbocycles. The number of hydrogen-bond acceptors (Lipinski definition) is 4. The van der Waals surface area contributed by atoms with Crippen LogP contribution in [0.2, 0.25) is 0 Å². The van der Waals surface area contributed by atoms with Crippen molar-refractivity contribution in [3.05, 3.63) is 0 Å². The summed E-state index contributed by atoms with van der Waals surface area (Å²) in [5, 5.41) is 8.83. The van der Waals surface area contributed by atoms with E-state index in [0.29, 0.717) is 19.0 Å². The van der Waals surface area contributed by atoms with Crippen LogP contribution in [0.1, 0.15) is 41.5 Å². The van der Waals surface area contributed by atoms with E-state index in [4.69, 9.17) is 4.74 Å². The van der Waals surface area contributed by atoms with Crippen LogP contribution in [-0.4, -0.2) is 67.7 Å². The maximum atomic E-state index is 11.8. The van der Waals surface area contributed by atoms with E-state index in [2.05, 4.69) is 20.9 Å². The van der Waals surface area contributed by atoms with Gasteiger partial charge in [0.15, 0.2) is 5.96 Å². The lowest BCUT2D eigenvalue weighted by atomic mass is 10.1. The predicted octanol–water partition coefficient (Wildman–Crippen LogP) is 1.55. The quantitative estimate of drug-likeness (QED) is 0.322. The van der Waals surface area contributed by atoms with Gasteiger partial charge in [-0.15, -0.1) is 24.0 Å². The zero-order chi connectivity index (χ0) is 19.0. The minimum atomic E-state index is -0.517. The molecular weight excluding hydrogens is 437 g/mol. The Morgan fingerprint density at radius 3 is 2.08 bits per heavy atom. The van der Waals surface area contributed by atoms with Gasteiger partial charge in [-0.3, -0.25) is 9.79 Å². The van der Waals surface area contributed by atoms with Crippen molar-refractivity contribution in [2.45, 2.75) is 52.7 Å². The Hall–Kier alpha value is -1.26. The van der Waals surface area contributed by atoms with E-state index in [9.17, 15) is 9.59 Å². The fraction of sp³-hybridized carbons (Fsp3) is 0.812. The van der Waals surface area contributed by atoms with Gasteiger partial charge in [0.1, 0.15) is 5.60 Å². The van der Waals surface area contributed by atoms with E-state index in [1.807, 2.05) is 41.5 Å². The summed E-state index contributed by atoms with van der Waals surface area (Å²) in [6, 6.07) is 0. The van der Waals surface area contributed by atoms with Crippen molar-refractivity contribution in [3.8, 4) is 0 Å². The summed E-state index contributed by atoms with van der Waals surface area (Å²) in [5.74, 6) is 0.382. The molecule has 0 saturated carbocycles. The second-order valence-electron chi connectivity index (χ2n) is 7.55. The molecule has 0 spiro atoms. The molecule has 2 amide bonds. The Morgan fingerprint density at radius 2 is 1.64 bits per heavy atom. The minimum Gasteiger partial charge on any atom is -0.444 e. The number of guanidine groups is 1. The molecule has 0 saturated heterocycles. The van der Waals surface area contributed by atoms with Crippen molar-refractivity contribution in [1.29, 1.82) is 0 Å². The Kier molecular flexibility index (Phi) is 11.8. The third-order valence-electron chi connectivity index (χ3n) is 2.60. The lowest BCUT2D eigenvalue weighted by Gasteiger charge is -2.25. The van der Waals surface area contributed by atoms with E-state index >= 15 is 0 Å². The first-order valence-electron chi connectivity index (χ1n) is 8.04. The van der Waals surface area contributed by atoms with Crippen molar-refractivity contribution in [3.63, 3.8) is 0 Å². The number of ether oxygens (including phenoxy) is 1. The summed E-state index contributed by atoms with van der Waals surface area (Å²) >= 11 is 0. The second kappa shape index (κ2) is 11.4. The topological polar surface area (TPSA) is 95.1 Å². The average molecular weight is 471 g/mol. The highest BCUT2D eigenvalue weighted by atomic mass is 127. The van der Waals surface area contributed by atoms with Crippen LogP contribution in [0.3, 0.4) is 0 Å². The fourth-order valence-corrected chi connectivity index (χ4v) is 1.62. The van der Waals surface area contributed by atoms with E-state index in [1.54, 1.807) is 14.1 Å². The summed E-state index contributed by atoms with van der Waals surface area (Å²) in [4.78, 5) is 29.1. The molecule has 0 heterocycles. The van der Waals surface area contributed by atoms with Crippen molar-refractivity contribution in [1.82, 2.24) is 20.9 Å². The smallest absolute Gasteiger partial charge is 0.410 e. The number of carbonyl (C=O) groups is 2. The summed E-state index contributed by atoms with van der Waals surface area (Å²) in [6.45, 7) is 12.3. The maximum Gasteiger partial charge on any atom is 0.410 e. The first kappa shape index (κ1) is 26.0.